The van der Waals surface area contributed by atoms with E-state index in [0.717, 1.165) is 16.5 Å². The normalized spacial score (nSPS) is 10.7. The highest BCUT2D eigenvalue weighted by molar-refractivity contribution is 6.32. The van der Waals surface area contributed by atoms with Crippen LogP contribution < -0.4 is 9.47 Å². The molecule has 0 radical (unpaired) electrons. The number of halogens is 1. The van der Waals surface area contributed by atoms with Gasteiger partial charge in [-0.1, -0.05) is 17.7 Å². The Morgan fingerprint density at radius 1 is 1.22 bits per heavy atom. The third-order valence-corrected chi connectivity index (χ3v) is 3.82. The van der Waals surface area contributed by atoms with E-state index in [4.69, 9.17) is 25.5 Å². The molecule has 0 fully saturated rings. The molecule has 0 amide bonds. The first-order valence-electron chi connectivity index (χ1n) is 7.08. The van der Waals surface area contributed by atoms with Crippen molar-refractivity contribution in [3.63, 3.8) is 0 Å². The largest absolute Gasteiger partial charge is 0.497 e. The number of esters is 1. The number of aryl methyl sites for hydroxylation is 1. The number of hydrogen-bond donors (Lipinski definition) is 0. The lowest BCUT2D eigenvalue weighted by atomic mass is 10.1. The van der Waals surface area contributed by atoms with Gasteiger partial charge in [-0.05, 0) is 36.8 Å². The molecular weight excluding hydrogens is 316 g/mol. The molecule has 23 heavy (non-hydrogen) atoms. The van der Waals surface area contributed by atoms with Gasteiger partial charge in [-0.25, -0.2) is 0 Å². The van der Waals surface area contributed by atoms with Gasteiger partial charge in [-0.2, -0.15) is 0 Å². The van der Waals surface area contributed by atoms with E-state index in [9.17, 15) is 4.79 Å². The summed E-state index contributed by atoms with van der Waals surface area (Å²) in [4.78, 5) is 12.2. The Bertz CT molecular complexity index is 867. The highest BCUT2D eigenvalue weighted by Gasteiger charge is 2.14. The van der Waals surface area contributed by atoms with Gasteiger partial charge in [-0.3, -0.25) is 4.79 Å². The Morgan fingerprint density at radius 3 is 2.83 bits per heavy atom. The van der Waals surface area contributed by atoms with Crippen molar-refractivity contribution in [2.24, 2.45) is 0 Å². The van der Waals surface area contributed by atoms with Crippen molar-refractivity contribution in [2.75, 3.05) is 7.11 Å². The summed E-state index contributed by atoms with van der Waals surface area (Å²) in [5, 5.41) is 1.27. The second-order valence-corrected chi connectivity index (χ2v) is 5.61. The van der Waals surface area contributed by atoms with Crippen LogP contribution in [0.4, 0.5) is 0 Å². The third kappa shape index (κ3) is 3.32. The lowest BCUT2D eigenvalue weighted by Crippen LogP contribution is -2.11. The molecule has 3 rings (SSSR count). The van der Waals surface area contributed by atoms with Crippen LogP contribution in [0.5, 0.6) is 11.5 Å². The minimum atomic E-state index is -0.393. The molecule has 0 bridgehead atoms. The molecule has 5 heteroatoms. The molecule has 0 spiro atoms. The number of benzene rings is 2. The molecule has 2 aromatic carbocycles. The molecule has 0 aliphatic carbocycles. The van der Waals surface area contributed by atoms with E-state index in [1.807, 2.05) is 25.1 Å². The maximum absolute atomic E-state index is 12.2. The Hall–Kier alpha value is -2.46. The summed E-state index contributed by atoms with van der Waals surface area (Å²) in [6, 6.07) is 10.8. The smallest absolute Gasteiger partial charge is 0.315 e. The van der Waals surface area contributed by atoms with Gasteiger partial charge in [0.2, 0.25) is 0 Å². The summed E-state index contributed by atoms with van der Waals surface area (Å²) < 4.78 is 16.0. The number of carbonyl (C=O) groups is 1. The minimum Gasteiger partial charge on any atom is -0.497 e. The van der Waals surface area contributed by atoms with Crippen molar-refractivity contribution in [1.29, 1.82) is 0 Å². The molecule has 1 heterocycles. The molecule has 0 unspecified atom stereocenters. The quantitative estimate of drug-likeness (QED) is 0.520. The maximum Gasteiger partial charge on any atom is 0.315 e. The first-order chi connectivity index (χ1) is 11.1. The zero-order valence-corrected chi connectivity index (χ0v) is 13.5. The molecule has 3 aromatic rings. The van der Waals surface area contributed by atoms with Crippen LogP contribution in [0.1, 0.15) is 11.1 Å². The van der Waals surface area contributed by atoms with Gasteiger partial charge in [0, 0.05) is 17.0 Å². The van der Waals surface area contributed by atoms with Crippen LogP contribution >= 0.6 is 11.6 Å². The topological polar surface area (TPSA) is 48.7 Å². The van der Waals surface area contributed by atoms with E-state index in [1.165, 1.54) is 0 Å². The second kappa shape index (κ2) is 6.34. The van der Waals surface area contributed by atoms with Gasteiger partial charge in [-0.15, -0.1) is 0 Å². The van der Waals surface area contributed by atoms with Gasteiger partial charge < -0.3 is 13.9 Å². The number of methoxy groups -OCH3 is 1. The summed E-state index contributed by atoms with van der Waals surface area (Å²) in [5.74, 6) is 0.676. The summed E-state index contributed by atoms with van der Waals surface area (Å²) in [6.07, 6.45) is 1.66. The predicted octanol–water partition coefficient (Wildman–Crippen LogP) is 4.55. The molecule has 1 aromatic heterocycles. The first-order valence-corrected chi connectivity index (χ1v) is 7.45. The fourth-order valence-corrected chi connectivity index (χ4v) is 2.49. The molecule has 0 saturated carbocycles. The zero-order chi connectivity index (χ0) is 16.4. The molecule has 0 aliphatic heterocycles. The number of rotatable bonds is 4. The molecule has 118 valence electrons. The van der Waals surface area contributed by atoms with Crippen LogP contribution in [0.15, 0.2) is 47.1 Å². The van der Waals surface area contributed by atoms with Crippen molar-refractivity contribution < 1.29 is 18.7 Å². The SMILES string of the molecule is COc1ccc2c(CC(=O)Oc3cc(C)ccc3Cl)coc2c1. The summed E-state index contributed by atoms with van der Waals surface area (Å²) in [7, 11) is 1.59. The van der Waals surface area contributed by atoms with Gasteiger partial charge in [0.15, 0.2) is 0 Å². The van der Waals surface area contributed by atoms with E-state index in [0.29, 0.717) is 22.1 Å². The van der Waals surface area contributed by atoms with Crippen LogP contribution in [0.25, 0.3) is 11.0 Å². The van der Waals surface area contributed by atoms with Gasteiger partial charge in [0.1, 0.15) is 17.1 Å². The van der Waals surface area contributed by atoms with Crippen LogP contribution in [-0.2, 0) is 11.2 Å². The van der Waals surface area contributed by atoms with Gasteiger partial charge >= 0.3 is 5.97 Å². The highest BCUT2D eigenvalue weighted by atomic mass is 35.5. The van der Waals surface area contributed by atoms with Crippen molar-refractivity contribution in [3.05, 3.63) is 58.8 Å². The maximum atomic E-state index is 12.2. The standard InChI is InChI=1S/C18H15ClO4/c1-11-3-6-15(19)17(7-11)23-18(20)8-12-10-22-16-9-13(21-2)4-5-14(12)16/h3-7,9-10H,8H2,1-2H3. The Morgan fingerprint density at radius 2 is 2.04 bits per heavy atom. The molecular formula is C18H15ClO4. The number of ether oxygens (including phenoxy) is 2. The lowest BCUT2D eigenvalue weighted by Gasteiger charge is -2.06. The summed E-state index contributed by atoms with van der Waals surface area (Å²) >= 11 is 6.04. The average Bonchev–Trinajstić information content (AvgIpc) is 2.93. The van der Waals surface area contributed by atoms with E-state index in [1.54, 1.807) is 31.6 Å². The van der Waals surface area contributed by atoms with E-state index >= 15 is 0 Å². The van der Waals surface area contributed by atoms with E-state index in [-0.39, 0.29) is 6.42 Å². The average molecular weight is 331 g/mol. The number of fused-ring (bicyclic) bond motifs is 1. The molecule has 4 nitrogen and oxygen atoms in total. The van der Waals surface area contributed by atoms with E-state index < -0.39 is 5.97 Å². The molecule has 0 saturated heterocycles. The number of hydrogen-bond acceptors (Lipinski definition) is 4. The van der Waals surface area contributed by atoms with Crippen LogP contribution in [0, 0.1) is 6.92 Å². The van der Waals surface area contributed by atoms with E-state index in [2.05, 4.69) is 0 Å². The molecule has 0 N–H and O–H groups in total. The van der Waals surface area contributed by atoms with Gasteiger partial charge in [0.25, 0.3) is 0 Å². The predicted molar refractivity (Wildman–Crippen MR) is 88.3 cm³/mol. The fourth-order valence-electron chi connectivity index (χ4n) is 2.33. The van der Waals surface area contributed by atoms with Crippen molar-refractivity contribution in [2.45, 2.75) is 13.3 Å². The second-order valence-electron chi connectivity index (χ2n) is 5.21. The summed E-state index contributed by atoms with van der Waals surface area (Å²) in [5.41, 5.74) is 2.40. The first kappa shape index (κ1) is 15.4. The van der Waals surface area contributed by atoms with Crippen LogP contribution in [0.3, 0.4) is 0 Å². The number of carbonyl (C=O) groups excluding carboxylic acids is 1. The minimum absolute atomic E-state index is 0.101. The Labute approximate surface area is 138 Å². The summed E-state index contributed by atoms with van der Waals surface area (Å²) in [6.45, 7) is 1.91. The third-order valence-electron chi connectivity index (χ3n) is 3.51. The monoisotopic (exact) mass is 330 g/mol. The Balaban J connectivity index is 1.79. The van der Waals surface area contributed by atoms with Gasteiger partial charge in [0.05, 0.1) is 24.8 Å². The van der Waals surface area contributed by atoms with Crippen molar-refractivity contribution >= 4 is 28.5 Å². The van der Waals surface area contributed by atoms with Crippen molar-refractivity contribution in [1.82, 2.24) is 0 Å². The van der Waals surface area contributed by atoms with Crippen molar-refractivity contribution in [3.8, 4) is 11.5 Å². The molecule has 0 aliphatic rings. The highest BCUT2D eigenvalue weighted by Crippen LogP contribution is 2.28. The fraction of sp³-hybridized carbons (Fsp3) is 0.167. The Kier molecular flexibility index (Phi) is 4.26. The van der Waals surface area contributed by atoms with Crippen LogP contribution in [-0.4, -0.2) is 13.1 Å². The lowest BCUT2D eigenvalue weighted by molar-refractivity contribution is -0.133. The number of furan rings is 1. The molecule has 0 atom stereocenters. The van der Waals surface area contributed by atoms with Crippen LogP contribution in [0.2, 0.25) is 5.02 Å². The zero-order valence-electron chi connectivity index (χ0n) is 12.8.